The Labute approximate surface area is 144 Å². The monoisotopic (exact) mass is 331 g/mol. The van der Waals surface area contributed by atoms with E-state index in [9.17, 15) is 9.90 Å². The van der Waals surface area contributed by atoms with Gasteiger partial charge in [0.2, 0.25) is 0 Å². The van der Waals surface area contributed by atoms with Crippen molar-refractivity contribution in [3.05, 3.63) is 35.4 Å². The maximum atomic E-state index is 11.6. The van der Waals surface area contributed by atoms with Gasteiger partial charge < -0.3 is 15.2 Å². The third-order valence-electron chi connectivity index (χ3n) is 5.75. The fourth-order valence-corrected chi connectivity index (χ4v) is 4.02. The highest BCUT2D eigenvalue weighted by Gasteiger charge is 2.39. The first kappa shape index (κ1) is 17.4. The van der Waals surface area contributed by atoms with Gasteiger partial charge in [-0.05, 0) is 42.7 Å². The van der Waals surface area contributed by atoms with Gasteiger partial charge in [-0.25, -0.2) is 0 Å². The molecule has 0 atom stereocenters. The molecule has 0 bridgehead atoms. The van der Waals surface area contributed by atoms with Crippen molar-refractivity contribution in [1.82, 2.24) is 5.32 Å². The first-order valence-corrected chi connectivity index (χ1v) is 9.30. The molecule has 0 unspecified atom stereocenters. The summed E-state index contributed by atoms with van der Waals surface area (Å²) in [5.74, 6) is 0.0317. The molecule has 1 saturated heterocycles. The number of rotatable bonds is 6. The van der Waals surface area contributed by atoms with Gasteiger partial charge in [-0.1, -0.05) is 43.5 Å². The van der Waals surface area contributed by atoms with Gasteiger partial charge in [0.15, 0.2) is 0 Å². The minimum absolute atomic E-state index is 0.510. The summed E-state index contributed by atoms with van der Waals surface area (Å²) in [6.07, 6.45) is 7.92. The van der Waals surface area contributed by atoms with Gasteiger partial charge in [-0.15, -0.1) is 0 Å². The van der Waals surface area contributed by atoms with Crippen LogP contribution < -0.4 is 5.32 Å². The quantitative estimate of drug-likeness (QED) is 0.834. The first-order chi connectivity index (χ1) is 11.7. The Bertz CT molecular complexity index is 528. The Kier molecular flexibility index (Phi) is 5.90. The average Bonchev–Trinajstić information content (AvgIpc) is 2.64. The van der Waals surface area contributed by atoms with E-state index in [0.29, 0.717) is 32.6 Å². The van der Waals surface area contributed by atoms with Crippen LogP contribution in [0.5, 0.6) is 0 Å². The van der Waals surface area contributed by atoms with E-state index >= 15 is 0 Å². The molecule has 2 fully saturated rings. The summed E-state index contributed by atoms with van der Waals surface area (Å²) >= 11 is 0. The molecule has 0 amide bonds. The van der Waals surface area contributed by atoms with E-state index in [0.717, 1.165) is 12.5 Å². The summed E-state index contributed by atoms with van der Waals surface area (Å²) in [7, 11) is 0. The van der Waals surface area contributed by atoms with Crippen LogP contribution in [0.2, 0.25) is 0 Å². The summed E-state index contributed by atoms with van der Waals surface area (Å²) in [4.78, 5) is 11.6. The zero-order valence-electron chi connectivity index (χ0n) is 14.4. The van der Waals surface area contributed by atoms with Crippen LogP contribution >= 0.6 is 0 Å². The molecule has 4 heteroatoms. The zero-order valence-corrected chi connectivity index (χ0v) is 14.4. The summed E-state index contributed by atoms with van der Waals surface area (Å²) in [5.41, 5.74) is 2.02. The number of carbonyl (C=O) groups is 1. The molecule has 0 spiro atoms. The number of carboxylic acids is 1. The van der Waals surface area contributed by atoms with E-state index in [4.69, 9.17) is 4.74 Å². The number of ether oxygens (including phenoxy) is 1. The maximum Gasteiger partial charge on any atom is 0.311 e. The second-order valence-electron chi connectivity index (χ2n) is 7.38. The number of hydrogen-bond acceptors (Lipinski definition) is 3. The zero-order chi connectivity index (χ0) is 16.8. The summed E-state index contributed by atoms with van der Waals surface area (Å²) in [6.45, 7) is 2.32. The second-order valence-corrected chi connectivity index (χ2v) is 7.38. The molecule has 1 aromatic carbocycles. The molecule has 2 aliphatic rings. The number of benzene rings is 1. The van der Waals surface area contributed by atoms with Crippen LogP contribution in [0, 0.1) is 5.41 Å². The summed E-state index contributed by atoms with van der Waals surface area (Å²) < 4.78 is 5.32. The van der Waals surface area contributed by atoms with Gasteiger partial charge in [0.05, 0.1) is 5.41 Å². The number of hydrogen-bond donors (Lipinski definition) is 2. The number of aliphatic carboxylic acids is 1. The molecule has 1 saturated carbocycles. The van der Waals surface area contributed by atoms with Gasteiger partial charge in [0.1, 0.15) is 0 Å². The molecule has 3 rings (SSSR count). The minimum atomic E-state index is -0.703. The van der Waals surface area contributed by atoms with Crippen LogP contribution in [-0.2, 0) is 16.1 Å². The summed E-state index contributed by atoms with van der Waals surface area (Å²) in [6, 6.07) is 8.89. The van der Waals surface area contributed by atoms with Crippen molar-refractivity contribution in [2.45, 2.75) is 57.4 Å². The van der Waals surface area contributed by atoms with Crippen molar-refractivity contribution >= 4 is 5.97 Å². The van der Waals surface area contributed by atoms with Crippen LogP contribution in [0.25, 0.3) is 0 Å². The van der Waals surface area contributed by atoms with E-state index in [1.165, 1.54) is 43.2 Å². The molecular formula is C20H29NO3. The van der Waals surface area contributed by atoms with E-state index in [1.54, 1.807) is 0 Å². The lowest BCUT2D eigenvalue weighted by Gasteiger charge is -2.33. The Balaban J connectivity index is 1.51. The van der Waals surface area contributed by atoms with Crippen molar-refractivity contribution < 1.29 is 14.6 Å². The highest BCUT2D eigenvalue weighted by Crippen LogP contribution is 2.33. The SMILES string of the molecule is O=C(O)C1(CNCc2ccc(C3CCCCC3)cc2)CCOCC1. The van der Waals surface area contributed by atoms with Gasteiger partial charge in [0, 0.05) is 26.3 Å². The smallest absolute Gasteiger partial charge is 0.311 e. The fraction of sp³-hybridized carbons (Fsp3) is 0.650. The molecule has 0 aromatic heterocycles. The Morgan fingerprint density at radius 1 is 1.12 bits per heavy atom. The third kappa shape index (κ3) is 4.17. The van der Waals surface area contributed by atoms with Crippen LogP contribution in [-0.4, -0.2) is 30.8 Å². The standard InChI is InChI=1S/C20H29NO3/c22-19(23)20(10-12-24-13-11-20)15-21-14-16-6-8-18(9-7-16)17-4-2-1-3-5-17/h6-9,17,21H,1-5,10-15H2,(H,22,23). The van der Waals surface area contributed by atoms with Gasteiger partial charge in [-0.3, -0.25) is 4.79 Å². The molecule has 132 valence electrons. The predicted octanol–water partition coefficient (Wildman–Crippen LogP) is 3.71. The van der Waals surface area contributed by atoms with Crippen molar-refractivity contribution in [3.63, 3.8) is 0 Å². The second kappa shape index (κ2) is 8.13. The van der Waals surface area contributed by atoms with Crippen molar-refractivity contribution in [3.8, 4) is 0 Å². The largest absolute Gasteiger partial charge is 0.481 e. The highest BCUT2D eigenvalue weighted by molar-refractivity contribution is 5.75. The predicted molar refractivity (Wildman–Crippen MR) is 94.1 cm³/mol. The average molecular weight is 331 g/mol. The lowest BCUT2D eigenvalue weighted by Crippen LogP contribution is -2.44. The maximum absolute atomic E-state index is 11.6. The molecule has 0 radical (unpaired) electrons. The van der Waals surface area contributed by atoms with E-state index in [1.807, 2.05) is 0 Å². The normalized spacial score (nSPS) is 21.5. The van der Waals surface area contributed by atoms with Crippen LogP contribution in [0.3, 0.4) is 0 Å². The molecule has 4 nitrogen and oxygen atoms in total. The van der Waals surface area contributed by atoms with Crippen molar-refractivity contribution in [1.29, 1.82) is 0 Å². The Morgan fingerprint density at radius 2 is 1.79 bits per heavy atom. The first-order valence-electron chi connectivity index (χ1n) is 9.30. The van der Waals surface area contributed by atoms with Gasteiger partial charge in [0.25, 0.3) is 0 Å². The Morgan fingerprint density at radius 3 is 2.42 bits per heavy atom. The van der Waals surface area contributed by atoms with E-state index < -0.39 is 11.4 Å². The molecule has 1 heterocycles. The number of carboxylic acid groups (broad SMARTS) is 1. The topological polar surface area (TPSA) is 58.6 Å². The van der Waals surface area contributed by atoms with Crippen molar-refractivity contribution in [2.24, 2.45) is 5.41 Å². The van der Waals surface area contributed by atoms with Crippen LogP contribution in [0.15, 0.2) is 24.3 Å². The number of nitrogens with one attached hydrogen (secondary N) is 1. The Hall–Kier alpha value is -1.39. The minimum Gasteiger partial charge on any atom is -0.481 e. The van der Waals surface area contributed by atoms with Crippen LogP contribution in [0.1, 0.15) is 62.0 Å². The third-order valence-corrected chi connectivity index (χ3v) is 5.75. The van der Waals surface area contributed by atoms with Gasteiger partial charge >= 0.3 is 5.97 Å². The van der Waals surface area contributed by atoms with Crippen LogP contribution in [0.4, 0.5) is 0 Å². The van der Waals surface area contributed by atoms with E-state index in [2.05, 4.69) is 29.6 Å². The molecule has 24 heavy (non-hydrogen) atoms. The highest BCUT2D eigenvalue weighted by atomic mass is 16.5. The lowest BCUT2D eigenvalue weighted by atomic mass is 9.80. The van der Waals surface area contributed by atoms with E-state index in [-0.39, 0.29) is 0 Å². The fourth-order valence-electron chi connectivity index (χ4n) is 4.02. The van der Waals surface area contributed by atoms with Crippen molar-refractivity contribution in [2.75, 3.05) is 19.8 Å². The summed E-state index contributed by atoms with van der Waals surface area (Å²) in [5, 5.41) is 12.9. The molecule has 1 aromatic rings. The lowest BCUT2D eigenvalue weighted by molar-refractivity contribution is -0.154. The molecular weight excluding hydrogens is 302 g/mol. The van der Waals surface area contributed by atoms with Gasteiger partial charge in [-0.2, -0.15) is 0 Å². The molecule has 1 aliphatic heterocycles. The molecule has 2 N–H and O–H groups in total. The molecule has 1 aliphatic carbocycles.